The van der Waals surface area contributed by atoms with Gasteiger partial charge < -0.3 is 14.4 Å². The number of likely N-dealkylation sites (tertiary alicyclic amines) is 1. The number of rotatable bonds is 8. The number of carbonyl (C=O) groups excluding carboxylic acids is 2. The number of nitrogens with zero attached hydrogens (tertiary/aromatic N) is 1. The Morgan fingerprint density at radius 2 is 1.41 bits per heavy atom. The van der Waals surface area contributed by atoms with Gasteiger partial charge in [-0.25, -0.2) is 0 Å². The summed E-state index contributed by atoms with van der Waals surface area (Å²) >= 11 is 0. The number of carbonyl (C=O) groups is 2. The van der Waals surface area contributed by atoms with Crippen molar-refractivity contribution in [1.29, 1.82) is 0 Å². The van der Waals surface area contributed by atoms with Crippen LogP contribution in [0.15, 0.2) is 91.0 Å². The van der Waals surface area contributed by atoms with Crippen molar-refractivity contribution in [3.8, 4) is 11.5 Å². The minimum atomic E-state index is -0.283. The Morgan fingerprint density at radius 1 is 0.875 bits per heavy atom. The molecule has 0 bridgehead atoms. The number of hydrogen-bond donors (Lipinski definition) is 0. The molecule has 1 aliphatic heterocycles. The van der Waals surface area contributed by atoms with Crippen LogP contribution in [0.3, 0.4) is 0 Å². The lowest BCUT2D eigenvalue weighted by molar-refractivity contribution is -0.146. The summed E-state index contributed by atoms with van der Waals surface area (Å²) in [6.45, 7) is 0. The Morgan fingerprint density at radius 3 is 1.88 bits per heavy atom. The lowest BCUT2D eigenvalue weighted by Crippen LogP contribution is -2.53. The number of ketones is 1. The molecule has 0 aromatic heterocycles. The second kappa shape index (κ2) is 9.52. The van der Waals surface area contributed by atoms with Crippen molar-refractivity contribution in [2.75, 3.05) is 14.2 Å². The Bertz CT molecular complexity index is 1060. The summed E-state index contributed by atoms with van der Waals surface area (Å²) in [5, 5.41) is 0. The molecule has 1 atom stereocenters. The number of β-lactam (4-membered cyclic amide) rings is 1. The first-order chi connectivity index (χ1) is 15.6. The van der Waals surface area contributed by atoms with E-state index in [0.717, 1.165) is 22.6 Å². The second-order valence-corrected chi connectivity index (χ2v) is 7.61. The SMILES string of the molecule is COc1ccc(C(c2ccc(OC)cc2)N2C(=O)CC2C=CC(=O)c2ccccc2)cc1. The van der Waals surface area contributed by atoms with E-state index < -0.39 is 0 Å². The van der Waals surface area contributed by atoms with Gasteiger partial charge in [-0.05, 0) is 41.5 Å². The van der Waals surface area contributed by atoms with Crippen molar-refractivity contribution in [2.45, 2.75) is 18.5 Å². The largest absolute Gasteiger partial charge is 0.497 e. The molecule has 1 saturated heterocycles. The Balaban J connectivity index is 1.64. The number of hydrogen-bond acceptors (Lipinski definition) is 4. The highest BCUT2D eigenvalue weighted by Crippen LogP contribution is 2.38. The average molecular weight is 428 g/mol. The molecule has 0 radical (unpaired) electrons. The predicted molar refractivity (Wildman–Crippen MR) is 123 cm³/mol. The Kier molecular flexibility index (Phi) is 6.36. The van der Waals surface area contributed by atoms with E-state index >= 15 is 0 Å². The van der Waals surface area contributed by atoms with Crippen LogP contribution in [-0.4, -0.2) is 36.9 Å². The number of benzene rings is 3. The minimum absolute atomic E-state index is 0.0449. The summed E-state index contributed by atoms with van der Waals surface area (Å²) in [6.07, 6.45) is 3.77. The van der Waals surface area contributed by atoms with Gasteiger partial charge in [0, 0.05) is 5.56 Å². The molecule has 1 amide bonds. The number of allylic oxidation sites excluding steroid dienone is 1. The smallest absolute Gasteiger partial charge is 0.226 e. The molecule has 5 nitrogen and oxygen atoms in total. The maximum absolute atomic E-state index is 12.7. The van der Waals surface area contributed by atoms with E-state index in [1.807, 2.05) is 77.7 Å². The highest BCUT2D eigenvalue weighted by molar-refractivity contribution is 6.04. The molecule has 0 N–H and O–H groups in total. The van der Waals surface area contributed by atoms with E-state index in [1.165, 1.54) is 0 Å². The van der Waals surface area contributed by atoms with Gasteiger partial charge in [0.1, 0.15) is 11.5 Å². The van der Waals surface area contributed by atoms with Gasteiger partial charge in [-0.3, -0.25) is 9.59 Å². The minimum Gasteiger partial charge on any atom is -0.497 e. The van der Waals surface area contributed by atoms with Gasteiger partial charge in [0.15, 0.2) is 5.78 Å². The quantitative estimate of drug-likeness (QED) is 0.293. The van der Waals surface area contributed by atoms with Crippen LogP contribution in [0.1, 0.15) is 33.9 Å². The van der Waals surface area contributed by atoms with Gasteiger partial charge in [0.2, 0.25) is 5.91 Å². The van der Waals surface area contributed by atoms with Gasteiger partial charge >= 0.3 is 0 Å². The lowest BCUT2D eigenvalue weighted by atomic mass is 9.89. The van der Waals surface area contributed by atoms with Crippen LogP contribution in [0.4, 0.5) is 0 Å². The van der Waals surface area contributed by atoms with Gasteiger partial charge in [0.25, 0.3) is 0 Å². The third kappa shape index (κ3) is 4.42. The molecule has 5 heteroatoms. The van der Waals surface area contributed by atoms with Gasteiger partial charge in [0.05, 0.1) is 32.7 Å². The normalized spacial score (nSPS) is 15.7. The molecular formula is C27H25NO4. The number of ether oxygens (including phenoxy) is 2. The van der Waals surface area contributed by atoms with Crippen molar-refractivity contribution in [2.24, 2.45) is 0 Å². The Hall–Kier alpha value is -3.86. The molecular weight excluding hydrogens is 402 g/mol. The first-order valence-electron chi connectivity index (χ1n) is 10.5. The first kappa shape index (κ1) is 21.4. The third-order valence-electron chi connectivity index (χ3n) is 5.70. The Labute approximate surface area is 187 Å². The summed E-state index contributed by atoms with van der Waals surface area (Å²) in [6, 6.07) is 24.1. The number of methoxy groups -OCH3 is 2. The van der Waals surface area contributed by atoms with Crippen LogP contribution in [0.25, 0.3) is 0 Å². The molecule has 162 valence electrons. The predicted octanol–water partition coefficient (Wildman–Crippen LogP) is 4.83. The third-order valence-corrected chi connectivity index (χ3v) is 5.70. The van der Waals surface area contributed by atoms with Crippen molar-refractivity contribution < 1.29 is 19.1 Å². The van der Waals surface area contributed by atoms with Crippen LogP contribution in [0.5, 0.6) is 11.5 Å². The van der Waals surface area contributed by atoms with E-state index in [1.54, 1.807) is 32.4 Å². The first-order valence-corrected chi connectivity index (χ1v) is 10.5. The summed E-state index contributed by atoms with van der Waals surface area (Å²) < 4.78 is 10.6. The molecule has 1 fully saturated rings. The molecule has 1 unspecified atom stereocenters. The highest BCUT2D eigenvalue weighted by Gasteiger charge is 2.40. The standard InChI is InChI=1S/C27H25NO4/c1-31-23-13-8-20(9-14-23)27(21-10-15-24(32-2)16-11-21)28-22(18-26(28)30)12-17-25(29)19-6-4-3-5-7-19/h3-17,22,27H,18H2,1-2H3. The number of amides is 1. The fourth-order valence-corrected chi connectivity index (χ4v) is 3.93. The highest BCUT2D eigenvalue weighted by atomic mass is 16.5. The topological polar surface area (TPSA) is 55.8 Å². The molecule has 3 aromatic rings. The molecule has 4 rings (SSSR count). The maximum Gasteiger partial charge on any atom is 0.226 e. The average Bonchev–Trinajstić information content (AvgIpc) is 2.85. The van der Waals surface area contributed by atoms with Crippen LogP contribution in [0, 0.1) is 0 Å². The van der Waals surface area contributed by atoms with Crippen LogP contribution in [0.2, 0.25) is 0 Å². The monoisotopic (exact) mass is 427 g/mol. The van der Waals surface area contributed by atoms with Gasteiger partial charge in [-0.1, -0.05) is 60.7 Å². The molecule has 0 aliphatic carbocycles. The van der Waals surface area contributed by atoms with Crippen molar-refractivity contribution in [3.63, 3.8) is 0 Å². The van der Waals surface area contributed by atoms with Crippen LogP contribution < -0.4 is 9.47 Å². The molecule has 3 aromatic carbocycles. The molecule has 32 heavy (non-hydrogen) atoms. The lowest BCUT2D eigenvalue weighted by Gasteiger charge is -2.45. The van der Waals surface area contributed by atoms with Gasteiger partial charge in [-0.2, -0.15) is 0 Å². The molecule has 0 spiro atoms. The van der Waals surface area contributed by atoms with E-state index in [9.17, 15) is 9.59 Å². The summed E-state index contributed by atoms with van der Waals surface area (Å²) in [5.41, 5.74) is 2.57. The zero-order chi connectivity index (χ0) is 22.5. The summed E-state index contributed by atoms with van der Waals surface area (Å²) in [7, 11) is 3.25. The van der Waals surface area contributed by atoms with Crippen LogP contribution in [-0.2, 0) is 4.79 Å². The second-order valence-electron chi connectivity index (χ2n) is 7.61. The fraction of sp³-hybridized carbons (Fsp3) is 0.185. The molecule has 1 heterocycles. The van der Waals surface area contributed by atoms with Crippen molar-refractivity contribution in [3.05, 3.63) is 108 Å². The van der Waals surface area contributed by atoms with E-state index in [0.29, 0.717) is 12.0 Å². The van der Waals surface area contributed by atoms with Crippen molar-refractivity contribution >= 4 is 11.7 Å². The maximum atomic E-state index is 12.7. The zero-order valence-electron chi connectivity index (χ0n) is 18.1. The summed E-state index contributed by atoms with van der Waals surface area (Å²) in [4.78, 5) is 27.1. The molecule has 1 aliphatic rings. The van der Waals surface area contributed by atoms with Crippen molar-refractivity contribution in [1.82, 2.24) is 4.90 Å². The van der Waals surface area contributed by atoms with E-state index in [2.05, 4.69) is 0 Å². The van der Waals surface area contributed by atoms with E-state index in [-0.39, 0.29) is 23.8 Å². The zero-order valence-corrected chi connectivity index (χ0v) is 18.1. The molecule has 0 saturated carbocycles. The fourth-order valence-electron chi connectivity index (χ4n) is 3.93. The van der Waals surface area contributed by atoms with Crippen LogP contribution >= 0.6 is 0 Å². The summed E-state index contributed by atoms with van der Waals surface area (Å²) in [5.74, 6) is 1.47. The van der Waals surface area contributed by atoms with E-state index in [4.69, 9.17) is 9.47 Å². The van der Waals surface area contributed by atoms with Gasteiger partial charge in [-0.15, -0.1) is 0 Å².